The first-order valence-corrected chi connectivity index (χ1v) is 11.9. The molecule has 4 amide bonds. The fraction of sp³-hybridized carbons (Fsp3) is 0.370. The number of rotatable bonds is 7. The van der Waals surface area contributed by atoms with Crippen LogP contribution in [-0.2, 0) is 16.0 Å². The van der Waals surface area contributed by atoms with Gasteiger partial charge in [-0.05, 0) is 61.4 Å². The number of allylic oxidation sites excluding steroid dienone is 2. The average Bonchev–Trinajstić information content (AvgIpc) is 3.14. The third kappa shape index (κ3) is 4.18. The molecule has 34 heavy (non-hydrogen) atoms. The maximum absolute atomic E-state index is 13.5. The summed E-state index contributed by atoms with van der Waals surface area (Å²) in [5.41, 5.74) is 1.53. The number of hydrogen-bond donors (Lipinski definition) is 2. The zero-order chi connectivity index (χ0) is 23.7. The van der Waals surface area contributed by atoms with Crippen molar-refractivity contribution in [2.24, 2.45) is 23.7 Å². The predicted octanol–water partition coefficient (Wildman–Crippen LogP) is 3.97. The Kier molecular flexibility index (Phi) is 6.09. The lowest BCUT2D eigenvalue weighted by atomic mass is 9.63. The van der Waals surface area contributed by atoms with Crippen molar-refractivity contribution in [1.29, 1.82) is 0 Å². The van der Waals surface area contributed by atoms with E-state index in [4.69, 9.17) is 4.74 Å². The Bertz CT molecular complexity index is 1070. The van der Waals surface area contributed by atoms with Gasteiger partial charge in [0.2, 0.25) is 11.8 Å². The number of imide groups is 1. The number of urea groups is 1. The molecular weight excluding hydrogens is 430 g/mol. The summed E-state index contributed by atoms with van der Waals surface area (Å²) in [4.78, 5) is 41.2. The van der Waals surface area contributed by atoms with E-state index in [0.29, 0.717) is 18.7 Å². The first-order chi connectivity index (χ1) is 16.5. The summed E-state index contributed by atoms with van der Waals surface area (Å²) in [5, 5.41) is 5.70. The number of ether oxygens (including phenoxy) is 1. The highest BCUT2D eigenvalue weighted by atomic mass is 16.5. The number of carbonyl (C=O) groups is 3. The van der Waals surface area contributed by atoms with E-state index in [-0.39, 0.29) is 35.5 Å². The van der Waals surface area contributed by atoms with Gasteiger partial charge in [-0.25, -0.2) is 4.79 Å². The summed E-state index contributed by atoms with van der Waals surface area (Å²) >= 11 is 0. The molecule has 1 saturated carbocycles. The lowest BCUT2D eigenvalue weighted by molar-refractivity contribution is -0.143. The average molecular weight is 460 g/mol. The first kappa shape index (κ1) is 22.2. The molecule has 7 heteroatoms. The van der Waals surface area contributed by atoms with E-state index in [1.807, 2.05) is 37.3 Å². The van der Waals surface area contributed by atoms with Crippen molar-refractivity contribution < 1.29 is 19.1 Å². The Morgan fingerprint density at radius 3 is 2.15 bits per heavy atom. The van der Waals surface area contributed by atoms with Gasteiger partial charge in [0.25, 0.3) is 0 Å². The molecule has 176 valence electrons. The molecule has 1 saturated heterocycles. The molecule has 0 spiro atoms. The Hall–Kier alpha value is -3.61. The van der Waals surface area contributed by atoms with Crippen molar-refractivity contribution in [3.05, 3.63) is 72.3 Å². The van der Waals surface area contributed by atoms with Crippen molar-refractivity contribution in [3.63, 3.8) is 0 Å². The highest BCUT2D eigenvalue weighted by Gasteiger charge is 2.58. The first-order valence-electron chi connectivity index (χ1n) is 11.9. The Balaban J connectivity index is 1.36. The standard InChI is InChI=1S/C27H29N3O4/c1-2-34-21-14-12-20(13-15-21)28-27(33)29-22(16-17-6-4-3-5-7-17)30-25(31)23-18-8-9-19(11-10-18)24(23)26(30)32/h3-9,12-15,18-19,22-24H,2,10-11,16H2,1H3,(H2,28,29,33). The molecule has 6 rings (SSSR count). The number of likely N-dealkylation sites (tertiary alicyclic amines) is 1. The molecule has 2 N–H and O–H groups in total. The molecule has 0 aromatic heterocycles. The minimum atomic E-state index is -0.768. The van der Waals surface area contributed by atoms with Crippen LogP contribution >= 0.6 is 0 Å². The van der Waals surface area contributed by atoms with Crippen LogP contribution in [0.4, 0.5) is 10.5 Å². The molecule has 1 heterocycles. The SMILES string of the molecule is CCOc1ccc(NC(=O)NC(Cc2ccccc2)N2C(=O)C3C4C=CC(CC4)C3C2=O)cc1. The highest BCUT2D eigenvalue weighted by molar-refractivity contribution is 6.06. The summed E-state index contributed by atoms with van der Waals surface area (Å²) in [7, 11) is 0. The third-order valence-electron chi connectivity index (χ3n) is 7.10. The van der Waals surface area contributed by atoms with E-state index in [1.165, 1.54) is 4.90 Å². The smallest absolute Gasteiger partial charge is 0.320 e. The Labute approximate surface area is 199 Å². The minimum Gasteiger partial charge on any atom is -0.494 e. The van der Waals surface area contributed by atoms with E-state index in [9.17, 15) is 14.4 Å². The maximum Gasteiger partial charge on any atom is 0.320 e. The van der Waals surface area contributed by atoms with E-state index in [0.717, 1.165) is 24.2 Å². The van der Waals surface area contributed by atoms with Gasteiger partial charge in [-0.1, -0.05) is 42.5 Å². The third-order valence-corrected chi connectivity index (χ3v) is 7.10. The summed E-state index contributed by atoms with van der Waals surface area (Å²) in [5.74, 6) is -0.0452. The van der Waals surface area contributed by atoms with Gasteiger partial charge in [0.15, 0.2) is 0 Å². The van der Waals surface area contributed by atoms with Gasteiger partial charge in [-0.2, -0.15) is 0 Å². The van der Waals surface area contributed by atoms with Crippen LogP contribution in [0.2, 0.25) is 0 Å². The number of anilines is 1. The minimum absolute atomic E-state index is 0.103. The van der Waals surface area contributed by atoms with E-state index in [2.05, 4.69) is 22.8 Å². The second-order valence-electron chi connectivity index (χ2n) is 9.15. The van der Waals surface area contributed by atoms with Crippen LogP contribution in [0.25, 0.3) is 0 Å². The van der Waals surface area contributed by atoms with Gasteiger partial charge in [-0.3, -0.25) is 14.5 Å². The van der Waals surface area contributed by atoms with Crippen molar-refractivity contribution in [2.75, 3.05) is 11.9 Å². The van der Waals surface area contributed by atoms with Crippen LogP contribution in [-0.4, -0.2) is 35.5 Å². The molecule has 4 aliphatic rings. The monoisotopic (exact) mass is 459 g/mol. The second kappa shape index (κ2) is 9.33. The van der Waals surface area contributed by atoms with Gasteiger partial charge in [-0.15, -0.1) is 0 Å². The number of benzene rings is 2. The second-order valence-corrected chi connectivity index (χ2v) is 9.15. The van der Waals surface area contributed by atoms with Gasteiger partial charge in [0.1, 0.15) is 11.9 Å². The number of hydrogen-bond acceptors (Lipinski definition) is 4. The lowest BCUT2D eigenvalue weighted by Crippen LogP contribution is -2.53. The van der Waals surface area contributed by atoms with Crippen molar-refractivity contribution in [3.8, 4) is 5.75 Å². The molecule has 3 aliphatic carbocycles. The van der Waals surface area contributed by atoms with Crippen LogP contribution in [0.1, 0.15) is 25.3 Å². The molecule has 2 aromatic rings. The summed E-state index contributed by atoms with van der Waals surface area (Å²) in [6, 6.07) is 16.2. The van der Waals surface area contributed by atoms with E-state index >= 15 is 0 Å². The molecule has 2 fully saturated rings. The number of amides is 4. The molecule has 1 aliphatic heterocycles. The quantitative estimate of drug-likeness (QED) is 0.484. The van der Waals surface area contributed by atoms with Crippen LogP contribution < -0.4 is 15.4 Å². The van der Waals surface area contributed by atoms with Crippen LogP contribution in [0.3, 0.4) is 0 Å². The topological polar surface area (TPSA) is 87.7 Å². The molecular formula is C27H29N3O4. The van der Waals surface area contributed by atoms with Crippen LogP contribution in [0, 0.1) is 23.7 Å². The number of fused-ring (bicyclic) bond motifs is 1. The van der Waals surface area contributed by atoms with Gasteiger partial charge < -0.3 is 15.4 Å². The van der Waals surface area contributed by atoms with Gasteiger partial charge in [0.05, 0.1) is 18.4 Å². The summed E-state index contributed by atoms with van der Waals surface area (Å²) in [6.07, 6.45) is 5.64. The molecule has 2 bridgehead atoms. The highest BCUT2D eigenvalue weighted by Crippen LogP contribution is 2.50. The van der Waals surface area contributed by atoms with Crippen LogP contribution in [0.15, 0.2) is 66.7 Å². The molecule has 0 radical (unpaired) electrons. The zero-order valence-corrected chi connectivity index (χ0v) is 19.1. The zero-order valence-electron chi connectivity index (χ0n) is 19.1. The summed E-state index contributed by atoms with van der Waals surface area (Å²) < 4.78 is 5.44. The fourth-order valence-corrected chi connectivity index (χ4v) is 5.57. The number of nitrogens with one attached hydrogen (secondary N) is 2. The largest absolute Gasteiger partial charge is 0.494 e. The van der Waals surface area contributed by atoms with Gasteiger partial charge in [0, 0.05) is 12.1 Å². The van der Waals surface area contributed by atoms with E-state index in [1.54, 1.807) is 24.3 Å². The van der Waals surface area contributed by atoms with Crippen molar-refractivity contribution >= 4 is 23.5 Å². The van der Waals surface area contributed by atoms with Crippen LogP contribution in [0.5, 0.6) is 5.75 Å². The normalized spacial score (nSPS) is 25.7. The van der Waals surface area contributed by atoms with Crippen molar-refractivity contribution in [2.45, 2.75) is 32.4 Å². The summed E-state index contributed by atoms with van der Waals surface area (Å²) in [6.45, 7) is 2.47. The fourth-order valence-electron chi connectivity index (χ4n) is 5.57. The number of carbonyl (C=O) groups excluding carboxylic acids is 3. The molecule has 2 aromatic carbocycles. The predicted molar refractivity (Wildman–Crippen MR) is 128 cm³/mol. The maximum atomic E-state index is 13.5. The Morgan fingerprint density at radius 2 is 1.59 bits per heavy atom. The van der Waals surface area contributed by atoms with Crippen molar-refractivity contribution in [1.82, 2.24) is 10.2 Å². The Morgan fingerprint density at radius 1 is 0.971 bits per heavy atom. The lowest BCUT2D eigenvalue weighted by Gasteiger charge is -2.38. The van der Waals surface area contributed by atoms with Gasteiger partial charge >= 0.3 is 6.03 Å². The molecule has 5 unspecified atom stereocenters. The van der Waals surface area contributed by atoms with E-state index < -0.39 is 12.2 Å². The number of nitrogens with zero attached hydrogens (tertiary/aromatic N) is 1. The molecule has 7 nitrogen and oxygen atoms in total. The molecule has 5 atom stereocenters.